The van der Waals surface area contributed by atoms with Gasteiger partial charge in [-0.3, -0.25) is 4.79 Å². The molecule has 4 aliphatic carbocycles. The highest BCUT2D eigenvalue weighted by atomic mass is 16.5. The molecule has 0 amide bonds. The molecule has 4 rings (SSSR count). The fourth-order valence-electron chi connectivity index (χ4n) is 5.89. The second kappa shape index (κ2) is 2.83. The normalized spacial score (nSPS) is 54.1. The summed E-state index contributed by atoms with van der Waals surface area (Å²) in [5, 5.41) is 0. The van der Waals surface area contributed by atoms with Gasteiger partial charge in [0.1, 0.15) is 0 Å². The molecular weight excluding hydrogens is 200 g/mol. The van der Waals surface area contributed by atoms with E-state index in [1.807, 2.05) is 0 Å². The lowest BCUT2D eigenvalue weighted by molar-refractivity contribution is -0.188. The smallest absolute Gasteiger partial charge is 0.311 e. The first kappa shape index (κ1) is 10.6. The molecule has 0 spiro atoms. The summed E-state index contributed by atoms with van der Waals surface area (Å²) in [6, 6.07) is 0. The molecule has 4 aliphatic rings. The minimum atomic E-state index is -0.127. The Hall–Kier alpha value is -0.530. The van der Waals surface area contributed by atoms with E-state index in [1.54, 1.807) is 7.11 Å². The zero-order valence-corrected chi connectivity index (χ0v) is 10.6. The van der Waals surface area contributed by atoms with Gasteiger partial charge in [0.15, 0.2) is 0 Å². The number of rotatable bonds is 1. The molecule has 0 heterocycles. The molecule has 4 saturated carbocycles. The predicted octanol–water partition coefficient (Wildman–Crippen LogP) is 3.16. The summed E-state index contributed by atoms with van der Waals surface area (Å²) in [5.74, 6) is 0.833. The van der Waals surface area contributed by atoms with Crippen molar-refractivity contribution in [3.63, 3.8) is 0 Å². The Morgan fingerprint density at radius 2 is 1.62 bits per heavy atom. The number of esters is 1. The van der Waals surface area contributed by atoms with Gasteiger partial charge >= 0.3 is 5.97 Å². The Morgan fingerprint density at radius 3 is 2.06 bits per heavy atom. The first-order valence-corrected chi connectivity index (χ1v) is 6.47. The van der Waals surface area contributed by atoms with E-state index in [-0.39, 0.29) is 11.4 Å². The summed E-state index contributed by atoms with van der Waals surface area (Å²) in [5.41, 5.74) is 0.683. The molecule has 0 aliphatic heterocycles. The molecule has 2 nitrogen and oxygen atoms in total. The van der Waals surface area contributed by atoms with Crippen LogP contribution in [0.3, 0.4) is 0 Å². The van der Waals surface area contributed by atoms with Gasteiger partial charge in [0.05, 0.1) is 12.5 Å². The molecule has 4 fully saturated rings. The third-order valence-corrected chi connectivity index (χ3v) is 5.24. The maximum Gasteiger partial charge on any atom is 0.311 e. The SMILES string of the molecule is COC(=O)C12CC3C[C@@](C)(C1)C[C@@](C)(C3)C2. The number of carbonyl (C=O) groups excluding carboxylic acids is 1. The van der Waals surface area contributed by atoms with Crippen LogP contribution in [0.4, 0.5) is 0 Å². The summed E-state index contributed by atoms with van der Waals surface area (Å²) >= 11 is 0. The van der Waals surface area contributed by atoms with Gasteiger partial charge in [0.25, 0.3) is 0 Å². The van der Waals surface area contributed by atoms with E-state index in [0.717, 1.165) is 25.2 Å². The van der Waals surface area contributed by atoms with Gasteiger partial charge in [-0.05, 0) is 55.3 Å². The Labute approximate surface area is 97.7 Å². The van der Waals surface area contributed by atoms with Gasteiger partial charge < -0.3 is 4.74 Å². The summed E-state index contributed by atoms with van der Waals surface area (Å²) < 4.78 is 5.09. The lowest BCUT2D eigenvalue weighted by atomic mass is 9.40. The van der Waals surface area contributed by atoms with Crippen LogP contribution in [0.25, 0.3) is 0 Å². The topological polar surface area (TPSA) is 26.3 Å². The molecule has 16 heavy (non-hydrogen) atoms. The van der Waals surface area contributed by atoms with Crippen LogP contribution in [0.1, 0.15) is 52.4 Å². The van der Waals surface area contributed by atoms with Crippen molar-refractivity contribution >= 4 is 5.97 Å². The highest BCUT2D eigenvalue weighted by Crippen LogP contribution is 2.69. The largest absolute Gasteiger partial charge is 0.469 e. The van der Waals surface area contributed by atoms with Crippen molar-refractivity contribution in [1.29, 1.82) is 0 Å². The number of hydrogen-bond acceptors (Lipinski definition) is 2. The molecule has 0 radical (unpaired) electrons. The molecule has 2 heteroatoms. The second-order valence-electron chi connectivity index (χ2n) is 7.40. The fourth-order valence-corrected chi connectivity index (χ4v) is 5.89. The van der Waals surface area contributed by atoms with Gasteiger partial charge in [0.2, 0.25) is 0 Å². The molecule has 90 valence electrons. The van der Waals surface area contributed by atoms with Crippen LogP contribution in [0.15, 0.2) is 0 Å². The van der Waals surface area contributed by atoms with Crippen LogP contribution in [-0.4, -0.2) is 13.1 Å². The summed E-state index contributed by atoms with van der Waals surface area (Å²) in [6.45, 7) is 4.76. The number of carbonyl (C=O) groups is 1. The van der Waals surface area contributed by atoms with E-state index >= 15 is 0 Å². The van der Waals surface area contributed by atoms with Gasteiger partial charge in [-0.1, -0.05) is 13.8 Å². The Kier molecular flexibility index (Phi) is 1.88. The van der Waals surface area contributed by atoms with Crippen molar-refractivity contribution in [2.75, 3.05) is 7.11 Å². The summed E-state index contributed by atoms with van der Waals surface area (Å²) in [4.78, 5) is 12.1. The van der Waals surface area contributed by atoms with Crippen LogP contribution < -0.4 is 0 Å². The molecule has 4 bridgehead atoms. The Balaban J connectivity index is 2.01. The zero-order chi connectivity index (χ0) is 11.6. The van der Waals surface area contributed by atoms with E-state index in [4.69, 9.17) is 4.74 Å². The first-order valence-electron chi connectivity index (χ1n) is 6.47. The minimum absolute atomic E-state index is 0.0639. The van der Waals surface area contributed by atoms with Crippen molar-refractivity contribution in [2.24, 2.45) is 22.2 Å². The van der Waals surface area contributed by atoms with Crippen LogP contribution >= 0.6 is 0 Å². The van der Waals surface area contributed by atoms with Crippen LogP contribution in [-0.2, 0) is 9.53 Å². The van der Waals surface area contributed by atoms with E-state index < -0.39 is 0 Å². The molecule has 0 aromatic carbocycles. The average Bonchev–Trinajstić information content (AvgIpc) is 2.10. The quantitative estimate of drug-likeness (QED) is 0.637. The molecule has 0 saturated heterocycles. The maximum absolute atomic E-state index is 12.1. The Bertz CT molecular complexity index is 329. The highest BCUT2D eigenvalue weighted by molar-refractivity contribution is 5.77. The molecule has 0 unspecified atom stereocenters. The average molecular weight is 222 g/mol. The Morgan fingerprint density at radius 1 is 1.06 bits per heavy atom. The fraction of sp³-hybridized carbons (Fsp3) is 0.929. The van der Waals surface area contributed by atoms with Crippen LogP contribution in [0.5, 0.6) is 0 Å². The van der Waals surface area contributed by atoms with Crippen molar-refractivity contribution in [1.82, 2.24) is 0 Å². The number of methoxy groups -OCH3 is 1. The summed E-state index contributed by atoms with van der Waals surface area (Å²) in [6.07, 6.45) is 7.21. The van der Waals surface area contributed by atoms with Crippen LogP contribution in [0, 0.1) is 22.2 Å². The standard InChI is InChI=1S/C14H22O2/c1-12-4-10-5-13(2,7-12)9-14(6-10,8-12)11(15)16-3/h10H,4-9H2,1-3H3/t10?,12-,13-,14?/m1/s1. The lowest BCUT2D eigenvalue weighted by Crippen LogP contribution is -2.57. The molecule has 0 aromatic heterocycles. The van der Waals surface area contributed by atoms with Crippen molar-refractivity contribution in [3.8, 4) is 0 Å². The van der Waals surface area contributed by atoms with Crippen molar-refractivity contribution < 1.29 is 9.53 Å². The predicted molar refractivity (Wildman–Crippen MR) is 61.9 cm³/mol. The number of ether oxygens (including phenoxy) is 1. The van der Waals surface area contributed by atoms with E-state index in [1.165, 1.54) is 19.3 Å². The lowest BCUT2D eigenvalue weighted by Gasteiger charge is -2.64. The van der Waals surface area contributed by atoms with Gasteiger partial charge in [-0.2, -0.15) is 0 Å². The van der Waals surface area contributed by atoms with Gasteiger partial charge in [0, 0.05) is 0 Å². The van der Waals surface area contributed by atoms with E-state index in [9.17, 15) is 4.79 Å². The van der Waals surface area contributed by atoms with Gasteiger partial charge in [-0.25, -0.2) is 0 Å². The summed E-state index contributed by atoms with van der Waals surface area (Å²) in [7, 11) is 1.55. The maximum atomic E-state index is 12.1. The van der Waals surface area contributed by atoms with E-state index in [2.05, 4.69) is 13.8 Å². The first-order chi connectivity index (χ1) is 7.39. The minimum Gasteiger partial charge on any atom is -0.469 e. The highest BCUT2D eigenvalue weighted by Gasteiger charge is 2.63. The second-order valence-corrected chi connectivity index (χ2v) is 7.40. The van der Waals surface area contributed by atoms with Crippen molar-refractivity contribution in [3.05, 3.63) is 0 Å². The molecule has 0 aromatic rings. The van der Waals surface area contributed by atoms with Crippen molar-refractivity contribution in [2.45, 2.75) is 52.4 Å². The number of hydrogen-bond donors (Lipinski definition) is 0. The molecule has 2 atom stereocenters. The molecule has 0 N–H and O–H groups in total. The van der Waals surface area contributed by atoms with Gasteiger partial charge in [-0.15, -0.1) is 0 Å². The third kappa shape index (κ3) is 1.28. The molecular formula is C14H22O2. The van der Waals surface area contributed by atoms with E-state index in [0.29, 0.717) is 10.8 Å². The third-order valence-electron chi connectivity index (χ3n) is 5.24. The monoisotopic (exact) mass is 222 g/mol. The van der Waals surface area contributed by atoms with Crippen LogP contribution in [0.2, 0.25) is 0 Å². The zero-order valence-electron chi connectivity index (χ0n) is 10.6.